The Morgan fingerprint density at radius 2 is 2.21 bits per heavy atom. The number of sulfonamides is 1. The average molecular weight is 281 g/mol. The summed E-state index contributed by atoms with van der Waals surface area (Å²) in [6.07, 6.45) is 7.09. The van der Waals surface area contributed by atoms with E-state index in [4.69, 9.17) is 0 Å². The molecular formula is C11H15N5O2S. The minimum absolute atomic E-state index is 0.170. The number of nitrogens with zero attached hydrogens (tertiary/aromatic N) is 3. The number of aromatic nitrogens is 4. The van der Waals surface area contributed by atoms with E-state index in [1.807, 2.05) is 6.07 Å². The Hall–Kier alpha value is -1.67. The average Bonchev–Trinajstić information content (AvgIpc) is 3.12. The molecule has 1 unspecified atom stereocenters. The number of nitrogens with one attached hydrogen (secondary N) is 2. The Balaban J connectivity index is 1.97. The van der Waals surface area contributed by atoms with Crippen molar-refractivity contribution in [3.63, 3.8) is 0 Å². The van der Waals surface area contributed by atoms with Crippen LogP contribution in [-0.2, 0) is 10.0 Å². The van der Waals surface area contributed by atoms with E-state index >= 15 is 0 Å². The van der Waals surface area contributed by atoms with Crippen LogP contribution >= 0.6 is 0 Å². The minimum Gasteiger partial charge on any atom is -0.284 e. The summed E-state index contributed by atoms with van der Waals surface area (Å²) < 4.78 is 26.7. The third-order valence-electron chi connectivity index (χ3n) is 3.41. The zero-order valence-electron chi connectivity index (χ0n) is 10.3. The molecule has 0 bridgehead atoms. The zero-order valence-corrected chi connectivity index (χ0v) is 11.1. The number of hydrogen-bond donors (Lipinski definition) is 2. The van der Waals surface area contributed by atoms with Gasteiger partial charge in [0, 0.05) is 18.9 Å². The summed E-state index contributed by atoms with van der Waals surface area (Å²) in [5.74, 6) is 0. The lowest BCUT2D eigenvalue weighted by Gasteiger charge is -2.33. The number of hydrogen-bond acceptors (Lipinski definition) is 4. The molecule has 2 N–H and O–H groups in total. The fourth-order valence-electron chi connectivity index (χ4n) is 2.47. The van der Waals surface area contributed by atoms with Crippen molar-refractivity contribution in [2.75, 3.05) is 6.54 Å². The molecule has 1 atom stereocenters. The topological polar surface area (TPSA) is 94.7 Å². The van der Waals surface area contributed by atoms with E-state index in [2.05, 4.69) is 20.4 Å². The van der Waals surface area contributed by atoms with E-state index in [1.54, 1.807) is 6.20 Å². The summed E-state index contributed by atoms with van der Waals surface area (Å²) in [5.41, 5.74) is 0.840. The Labute approximate surface area is 111 Å². The highest BCUT2D eigenvalue weighted by Gasteiger charge is 2.35. The van der Waals surface area contributed by atoms with E-state index in [9.17, 15) is 8.42 Å². The SMILES string of the molecule is O=S(=O)(c1cn[nH]c1)N1CCCCC1c1ccn[nH]1. The summed E-state index contributed by atoms with van der Waals surface area (Å²) in [5, 5.41) is 13.1. The van der Waals surface area contributed by atoms with Crippen LogP contribution in [0.5, 0.6) is 0 Å². The molecule has 19 heavy (non-hydrogen) atoms. The van der Waals surface area contributed by atoms with Crippen molar-refractivity contribution in [2.45, 2.75) is 30.2 Å². The maximum atomic E-state index is 12.6. The van der Waals surface area contributed by atoms with Gasteiger partial charge in [-0.3, -0.25) is 10.2 Å². The van der Waals surface area contributed by atoms with Gasteiger partial charge < -0.3 is 0 Å². The zero-order chi connectivity index (χ0) is 13.3. The van der Waals surface area contributed by atoms with Crippen LogP contribution in [0.2, 0.25) is 0 Å². The molecule has 3 heterocycles. The van der Waals surface area contributed by atoms with E-state index in [0.29, 0.717) is 6.54 Å². The Morgan fingerprint density at radius 1 is 1.32 bits per heavy atom. The molecule has 102 valence electrons. The maximum absolute atomic E-state index is 12.6. The first-order valence-corrected chi connectivity index (χ1v) is 7.63. The quantitative estimate of drug-likeness (QED) is 0.879. The summed E-state index contributed by atoms with van der Waals surface area (Å²) in [4.78, 5) is 0.207. The van der Waals surface area contributed by atoms with Crippen molar-refractivity contribution in [2.24, 2.45) is 0 Å². The van der Waals surface area contributed by atoms with Crippen LogP contribution in [0.15, 0.2) is 29.6 Å². The van der Waals surface area contributed by atoms with Crippen molar-refractivity contribution >= 4 is 10.0 Å². The molecule has 2 aromatic rings. The number of rotatable bonds is 3. The first-order valence-electron chi connectivity index (χ1n) is 6.19. The Kier molecular flexibility index (Phi) is 3.11. The molecule has 1 fully saturated rings. The fourth-order valence-corrected chi connectivity index (χ4v) is 4.05. The van der Waals surface area contributed by atoms with Gasteiger partial charge in [0.05, 0.1) is 17.9 Å². The van der Waals surface area contributed by atoms with Gasteiger partial charge in [-0.25, -0.2) is 8.42 Å². The molecule has 1 aliphatic heterocycles. The third-order valence-corrected chi connectivity index (χ3v) is 5.29. The lowest BCUT2D eigenvalue weighted by atomic mass is 10.0. The van der Waals surface area contributed by atoms with Gasteiger partial charge in [0.25, 0.3) is 0 Å². The van der Waals surface area contributed by atoms with Gasteiger partial charge in [-0.2, -0.15) is 14.5 Å². The lowest BCUT2D eigenvalue weighted by molar-refractivity contribution is 0.251. The summed E-state index contributed by atoms with van der Waals surface area (Å²) in [6.45, 7) is 0.525. The normalized spacial score (nSPS) is 21.6. The molecule has 3 rings (SSSR count). The van der Waals surface area contributed by atoms with Gasteiger partial charge in [-0.05, 0) is 18.9 Å². The molecule has 8 heteroatoms. The van der Waals surface area contributed by atoms with E-state index in [1.165, 1.54) is 16.7 Å². The summed E-state index contributed by atoms with van der Waals surface area (Å²) >= 11 is 0. The van der Waals surface area contributed by atoms with Gasteiger partial charge in [-0.15, -0.1) is 0 Å². The molecule has 0 saturated carbocycles. The lowest BCUT2D eigenvalue weighted by Crippen LogP contribution is -2.38. The second kappa shape index (κ2) is 4.78. The minimum atomic E-state index is -3.50. The molecule has 0 radical (unpaired) electrons. The van der Waals surface area contributed by atoms with E-state index in [-0.39, 0.29) is 10.9 Å². The molecule has 7 nitrogen and oxygen atoms in total. The van der Waals surface area contributed by atoms with Gasteiger partial charge in [0.1, 0.15) is 4.90 Å². The van der Waals surface area contributed by atoms with Crippen molar-refractivity contribution in [3.8, 4) is 0 Å². The highest BCUT2D eigenvalue weighted by atomic mass is 32.2. The largest absolute Gasteiger partial charge is 0.284 e. The second-order valence-corrected chi connectivity index (χ2v) is 6.46. The number of H-pyrrole nitrogens is 2. The Morgan fingerprint density at radius 3 is 2.89 bits per heavy atom. The molecule has 0 spiro atoms. The smallest absolute Gasteiger partial charge is 0.246 e. The molecule has 0 aliphatic carbocycles. The van der Waals surface area contributed by atoms with Crippen LogP contribution in [-0.4, -0.2) is 39.7 Å². The standard InChI is InChI=1S/C11H15N5O2S/c17-19(18,9-7-13-14-8-9)16-6-2-1-3-11(16)10-4-5-12-15-10/h4-5,7-8,11H,1-3,6H2,(H,12,15)(H,13,14). The predicted octanol–water partition coefficient (Wildman–Crippen LogP) is 1.05. The van der Waals surface area contributed by atoms with E-state index in [0.717, 1.165) is 25.0 Å². The first-order chi connectivity index (χ1) is 9.19. The third kappa shape index (κ3) is 2.17. The number of aromatic amines is 2. The van der Waals surface area contributed by atoms with Crippen LogP contribution in [0, 0.1) is 0 Å². The molecular weight excluding hydrogens is 266 g/mol. The summed E-state index contributed by atoms with van der Waals surface area (Å²) in [6, 6.07) is 1.66. The van der Waals surface area contributed by atoms with Crippen LogP contribution in [0.1, 0.15) is 31.0 Å². The van der Waals surface area contributed by atoms with Crippen LogP contribution in [0.4, 0.5) is 0 Å². The van der Waals surface area contributed by atoms with Crippen LogP contribution < -0.4 is 0 Å². The predicted molar refractivity (Wildman–Crippen MR) is 67.7 cm³/mol. The van der Waals surface area contributed by atoms with Crippen molar-refractivity contribution in [1.82, 2.24) is 24.7 Å². The maximum Gasteiger partial charge on any atom is 0.246 e. The molecule has 1 saturated heterocycles. The molecule has 2 aromatic heterocycles. The first kappa shape index (κ1) is 12.4. The van der Waals surface area contributed by atoms with Crippen molar-refractivity contribution in [1.29, 1.82) is 0 Å². The van der Waals surface area contributed by atoms with Gasteiger partial charge in [-0.1, -0.05) is 6.42 Å². The van der Waals surface area contributed by atoms with Crippen LogP contribution in [0.25, 0.3) is 0 Å². The fraction of sp³-hybridized carbons (Fsp3) is 0.455. The van der Waals surface area contributed by atoms with E-state index < -0.39 is 10.0 Å². The van der Waals surface area contributed by atoms with Crippen LogP contribution in [0.3, 0.4) is 0 Å². The molecule has 1 aliphatic rings. The number of piperidine rings is 1. The molecule has 0 aromatic carbocycles. The second-order valence-electron chi connectivity index (χ2n) is 4.57. The van der Waals surface area contributed by atoms with Crippen molar-refractivity contribution in [3.05, 3.63) is 30.4 Å². The highest BCUT2D eigenvalue weighted by molar-refractivity contribution is 7.89. The summed E-state index contributed by atoms with van der Waals surface area (Å²) in [7, 11) is -3.50. The monoisotopic (exact) mass is 281 g/mol. The molecule has 0 amide bonds. The van der Waals surface area contributed by atoms with Gasteiger partial charge in [0.2, 0.25) is 10.0 Å². The van der Waals surface area contributed by atoms with Gasteiger partial charge in [0.15, 0.2) is 0 Å². The van der Waals surface area contributed by atoms with Crippen molar-refractivity contribution < 1.29 is 8.42 Å². The van der Waals surface area contributed by atoms with Gasteiger partial charge >= 0.3 is 0 Å². The highest BCUT2D eigenvalue weighted by Crippen LogP contribution is 2.34. The Bertz CT molecular complexity index is 620.